The van der Waals surface area contributed by atoms with Crippen LogP contribution in [0.4, 0.5) is 0 Å². The molecule has 1 heterocycles. The number of unbranched alkanes of at least 4 members (excludes halogenated alkanes) is 3. The molecule has 1 aliphatic rings. The van der Waals surface area contributed by atoms with Gasteiger partial charge >= 0.3 is 0 Å². The number of guanidine groups is 1. The lowest BCUT2D eigenvalue weighted by atomic mass is 10.2. The summed E-state index contributed by atoms with van der Waals surface area (Å²) in [7, 11) is -1.76. The smallest absolute Gasteiger partial charge is 0.240 e. The Bertz CT molecular complexity index is 705. The minimum atomic E-state index is -3.51. The Morgan fingerprint density at radius 3 is 2.55 bits per heavy atom. The first-order chi connectivity index (χ1) is 13.5. The summed E-state index contributed by atoms with van der Waals surface area (Å²) in [4.78, 5) is 4.49. The third kappa shape index (κ3) is 9.63. The Balaban J connectivity index is 0.00000420. The number of aliphatic imine (C=N–C) groups is 1. The van der Waals surface area contributed by atoms with Crippen LogP contribution in [0.3, 0.4) is 0 Å². The Kier molecular flexibility index (Phi) is 12.8. The van der Waals surface area contributed by atoms with Crippen LogP contribution in [0.15, 0.2) is 34.2 Å². The van der Waals surface area contributed by atoms with Gasteiger partial charge in [0.2, 0.25) is 10.0 Å². The summed E-state index contributed by atoms with van der Waals surface area (Å²) in [6, 6.07) is 6.91. The predicted octanol–water partition coefficient (Wildman–Crippen LogP) is 3.01. The maximum absolute atomic E-state index is 12.4. The molecular formula is C20H35IN4O3S. The van der Waals surface area contributed by atoms with Crippen molar-refractivity contribution in [2.24, 2.45) is 4.99 Å². The minimum Gasteiger partial charge on any atom is -0.377 e. The van der Waals surface area contributed by atoms with Crippen LogP contribution >= 0.6 is 24.0 Å². The van der Waals surface area contributed by atoms with Crippen molar-refractivity contribution in [2.45, 2.75) is 63.0 Å². The fourth-order valence-electron chi connectivity index (χ4n) is 3.04. The molecule has 0 aromatic heterocycles. The van der Waals surface area contributed by atoms with Crippen molar-refractivity contribution in [3.8, 4) is 0 Å². The van der Waals surface area contributed by atoms with E-state index in [4.69, 9.17) is 4.74 Å². The second-order valence-electron chi connectivity index (χ2n) is 7.04. The van der Waals surface area contributed by atoms with Gasteiger partial charge in [0.15, 0.2) is 5.96 Å². The van der Waals surface area contributed by atoms with Gasteiger partial charge in [-0.3, -0.25) is 4.99 Å². The molecule has 1 atom stereocenters. The van der Waals surface area contributed by atoms with Crippen molar-refractivity contribution in [3.63, 3.8) is 0 Å². The summed E-state index contributed by atoms with van der Waals surface area (Å²) in [6.45, 7) is 4.71. The Hall–Kier alpha value is -0.910. The molecule has 0 spiro atoms. The molecule has 166 valence electrons. The van der Waals surface area contributed by atoms with Crippen LogP contribution in [0, 0.1) is 0 Å². The number of hydrogen-bond donors (Lipinski definition) is 3. The van der Waals surface area contributed by atoms with Gasteiger partial charge in [0.05, 0.1) is 11.0 Å². The van der Waals surface area contributed by atoms with Gasteiger partial charge in [-0.15, -0.1) is 24.0 Å². The average Bonchev–Trinajstić information content (AvgIpc) is 3.23. The topological polar surface area (TPSA) is 91.8 Å². The normalized spacial score (nSPS) is 17.0. The molecule has 29 heavy (non-hydrogen) atoms. The Morgan fingerprint density at radius 1 is 1.17 bits per heavy atom. The zero-order valence-electron chi connectivity index (χ0n) is 17.4. The van der Waals surface area contributed by atoms with E-state index in [1.54, 1.807) is 19.2 Å². The molecule has 1 aromatic rings. The number of ether oxygens (including phenoxy) is 1. The van der Waals surface area contributed by atoms with E-state index in [0.29, 0.717) is 19.7 Å². The van der Waals surface area contributed by atoms with Crippen molar-refractivity contribution in [3.05, 3.63) is 29.8 Å². The van der Waals surface area contributed by atoms with Gasteiger partial charge in [-0.25, -0.2) is 13.1 Å². The quantitative estimate of drug-likeness (QED) is 0.175. The summed E-state index contributed by atoms with van der Waals surface area (Å²) in [6.07, 6.45) is 6.71. The zero-order valence-corrected chi connectivity index (χ0v) is 20.6. The summed E-state index contributed by atoms with van der Waals surface area (Å²) >= 11 is 0. The van der Waals surface area contributed by atoms with Gasteiger partial charge in [-0.2, -0.15) is 0 Å². The number of sulfonamides is 1. The van der Waals surface area contributed by atoms with E-state index in [0.717, 1.165) is 37.3 Å². The van der Waals surface area contributed by atoms with Crippen LogP contribution in [0.1, 0.15) is 51.0 Å². The van der Waals surface area contributed by atoms with Crippen LogP contribution in [-0.4, -0.2) is 47.2 Å². The van der Waals surface area contributed by atoms with E-state index in [2.05, 4.69) is 27.3 Å². The fraction of sp³-hybridized carbons (Fsp3) is 0.650. The van der Waals surface area contributed by atoms with Crippen LogP contribution < -0.4 is 15.4 Å². The number of hydrogen-bond acceptors (Lipinski definition) is 4. The van der Waals surface area contributed by atoms with Gasteiger partial charge in [-0.1, -0.05) is 38.3 Å². The second kappa shape index (κ2) is 14.2. The van der Waals surface area contributed by atoms with Gasteiger partial charge < -0.3 is 15.4 Å². The highest BCUT2D eigenvalue weighted by Gasteiger charge is 2.20. The first kappa shape index (κ1) is 26.1. The number of halogens is 1. The standard InChI is InChI=1S/C20H34N4O3S.HI/c1-3-4-5-6-13-22-20(21-2)23-15-17-9-11-19(12-10-17)28(25,26)24-16-18-8-7-14-27-18;/h9-12,18,24H,3-8,13-16H2,1-2H3,(H2,21,22,23);1H. The molecule has 0 radical (unpaired) electrons. The first-order valence-electron chi connectivity index (χ1n) is 10.2. The second-order valence-corrected chi connectivity index (χ2v) is 8.81. The largest absolute Gasteiger partial charge is 0.377 e. The number of rotatable bonds is 11. The van der Waals surface area contributed by atoms with Gasteiger partial charge in [0, 0.05) is 33.3 Å². The van der Waals surface area contributed by atoms with Gasteiger partial charge in [0.1, 0.15) is 0 Å². The number of nitrogens with zero attached hydrogens (tertiary/aromatic N) is 1. The highest BCUT2D eigenvalue weighted by atomic mass is 127. The monoisotopic (exact) mass is 538 g/mol. The maximum Gasteiger partial charge on any atom is 0.240 e. The zero-order chi connectivity index (χ0) is 20.2. The van der Waals surface area contributed by atoms with Crippen molar-refractivity contribution < 1.29 is 13.2 Å². The molecular weight excluding hydrogens is 503 g/mol. The highest BCUT2D eigenvalue weighted by Crippen LogP contribution is 2.14. The predicted molar refractivity (Wildman–Crippen MR) is 128 cm³/mol. The lowest BCUT2D eigenvalue weighted by molar-refractivity contribution is 0.114. The molecule has 1 saturated heterocycles. The summed E-state index contributed by atoms with van der Waals surface area (Å²) in [5.74, 6) is 0.756. The number of nitrogens with one attached hydrogen (secondary N) is 3. The van der Waals surface area contributed by atoms with E-state index >= 15 is 0 Å². The summed E-state index contributed by atoms with van der Waals surface area (Å²) < 4.78 is 32.9. The molecule has 9 heteroatoms. The lowest BCUT2D eigenvalue weighted by Gasteiger charge is -2.13. The van der Waals surface area contributed by atoms with Gasteiger partial charge in [-0.05, 0) is 37.0 Å². The van der Waals surface area contributed by atoms with Crippen LogP contribution in [0.25, 0.3) is 0 Å². The molecule has 0 aliphatic carbocycles. The molecule has 0 saturated carbocycles. The van der Waals surface area contributed by atoms with Crippen LogP contribution in [0.2, 0.25) is 0 Å². The van der Waals surface area contributed by atoms with Crippen molar-refractivity contribution in [2.75, 3.05) is 26.7 Å². The van der Waals surface area contributed by atoms with E-state index in [-0.39, 0.29) is 35.0 Å². The van der Waals surface area contributed by atoms with Crippen LogP contribution in [-0.2, 0) is 21.3 Å². The van der Waals surface area contributed by atoms with E-state index in [1.165, 1.54) is 19.3 Å². The van der Waals surface area contributed by atoms with Crippen LogP contribution in [0.5, 0.6) is 0 Å². The first-order valence-corrected chi connectivity index (χ1v) is 11.7. The molecule has 1 aliphatic heterocycles. The third-order valence-electron chi connectivity index (χ3n) is 4.77. The fourth-order valence-corrected chi connectivity index (χ4v) is 4.11. The Morgan fingerprint density at radius 2 is 1.93 bits per heavy atom. The van der Waals surface area contributed by atoms with Crippen molar-refractivity contribution in [1.29, 1.82) is 0 Å². The third-order valence-corrected chi connectivity index (χ3v) is 6.20. The molecule has 1 aromatic carbocycles. The highest BCUT2D eigenvalue weighted by molar-refractivity contribution is 14.0. The molecule has 2 rings (SSSR count). The summed E-state index contributed by atoms with van der Waals surface area (Å²) in [5, 5.41) is 6.55. The molecule has 7 nitrogen and oxygen atoms in total. The van der Waals surface area contributed by atoms with E-state index < -0.39 is 10.0 Å². The molecule has 1 fully saturated rings. The maximum atomic E-state index is 12.4. The molecule has 3 N–H and O–H groups in total. The average molecular weight is 538 g/mol. The van der Waals surface area contributed by atoms with E-state index in [1.807, 2.05) is 12.1 Å². The number of benzene rings is 1. The lowest BCUT2D eigenvalue weighted by Crippen LogP contribution is -2.37. The van der Waals surface area contributed by atoms with Crippen molar-refractivity contribution in [1.82, 2.24) is 15.4 Å². The van der Waals surface area contributed by atoms with E-state index in [9.17, 15) is 8.42 Å². The molecule has 1 unspecified atom stereocenters. The molecule has 0 bridgehead atoms. The summed E-state index contributed by atoms with van der Waals surface area (Å²) in [5.41, 5.74) is 0.993. The van der Waals surface area contributed by atoms with Crippen molar-refractivity contribution >= 4 is 40.0 Å². The minimum absolute atomic E-state index is 0. The molecule has 0 amide bonds. The Labute approximate surface area is 192 Å². The SMILES string of the molecule is CCCCCCNC(=NC)NCc1ccc(S(=O)(=O)NCC2CCCO2)cc1.I. The van der Waals surface area contributed by atoms with Gasteiger partial charge in [0.25, 0.3) is 0 Å².